The lowest BCUT2D eigenvalue weighted by Crippen LogP contribution is -2.38. The van der Waals surface area contributed by atoms with E-state index in [1.54, 1.807) is 13.0 Å². The Labute approximate surface area is 144 Å². The van der Waals surface area contributed by atoms with Gasteiger partial charge in [-0.2, -0.15) is 0 Å². The monoisotopic (exact) mass is 350 g/mol. The maximum atomic E-state index is 13.4. The van der Waals surface area contributed by atoms with Gasteiger partial charge in [-0.15, -0.1) is 0 Å². The van der Waals surface area contributed by atoms with E-state index in [1.807, 2.05) is 6.92 Å². The number of benzene rings is 1. The van der Waals surface area contributed by atoms with Gasteiger partial charge in [0.05, 0.1) is 6.04 Å². The first-order valence-electron chi connectivity index (χ1n) is 7.79. The Morgan fingerprint density at radius 3 is 2.64 bits per heavy atom. The molecule has 1 unspecified atom stereocenters. The van der Waals surface area contributed by atoms with E-state index in [0.717, 1.165) is 12.1 Å². The Kier molecular flexibility index (Phi) is 6.10. The number of carbonyl (C=O) groups is 1. The molecule has 1 heterocycles. The van der Waals surface area contributed by atoms with E-state index in [2.05, 4.69) is 15.6 Å². The minimum atomic E-state index is -0.900. The lowest BCUT2D eigenvalue weighted by atomic mass is 10.1. The fraction of sp³-hybridized carbons (Fsp3) is 0.294. The summed E-state index contributed by atoms with van der Waals surface area (Å²) in [5, 5.41) is 6.14. The molecule has 1 atom stereocenters. The second-order valence-electron chi connectivity index (χ2n) is 5.36. The van der Waals surface area contributed by atoms with Gasteiger partial charge >= 0.3 is 0 Å². The summed E-state index contributed by atoms with van der Waals surface area (Å²) in [6.45, 7) is 4.50. The lowest BCUT2D eigenvalue weighted by Gasteiger charge is -2.18. The molecule has 4 N–H and O–H groups in total. The number of guanidine groups is 1. The van der Waals surface area contributed by atoms with E-state index in [9.17, 15) is 13.6 Å². The molecule has 0 spiro atoms. The number of hydrogen-bond donors (Lipinski definition) is 3. The molecule has 1 aromatic carbocycles. The minimum absolute atomic E-state index is 0.0679. The Morgan fingerprint density at radius 2 is 2.04 bits per heavy atom. The van der Waals surface area contributed by atoms with Crippen molar-refractivity contribution in [3.63, 3.8) is 0 Å². The minimum Gasteiger partial charge on any atom is -0.454 e. The van der Waals surface area contributed by atoms with Gasteiger partial charge in [0.15, 0.2) is 23.4 Å². The van der Waals surface area contributed by atoms with E-state index >= 15 is 0 Å². The highest BCUT2D eigenvalue weighted by Gasteiger charge is 2.11. The summed E-state index contributed by atoms with van der Waals surface area (Å²) in [5.41, 5.74) is 5.72. The third kappa shape index (κ3) is 5.03. The standard InChI is InChI=1S/C17H20F2N4O2/c1-3-21-17(22-9-12-5-7-15(25-12)16(20)24)23-10(2)11-4-6-13(18)14(19)8-11/h4-8,10H,3,9H2,1-2H3,(H2,20,24)(H2,21,22,23). The highest BCUT2D eigenvalue weighted by atomic mass is 19.2. The van der Waals surface area contributed by atoms with Gasteiger partial charge in [-0.05, 0) is 43.7 Å². The SMILES string of the molecule is CCNC(=NCc1ccc(C(N)=O)o1)NC(C)c1ccc(F)c(F)c1. The number of amides is 1. The van der Waals surface area contributed by atoms with E-state index in [1.165, 1.54) is 12.1 Å². The number of halogens is 2. The highest BCUT2D eigenvalue weighted by Crippen LogP contribution is 2.16. The molecule has 1 aromatic heterocycles. The third-order valence-electron chi connectivity index (χ3n) is 3.44. The summed E-state index contributed by atoms with van der Waals surface area (Å²) < 4.78 is 31.7. The predicted molar refractivity (Wildman–Crippen MR) is 90.0 cm³/mol. The molecule has 2 aromatic rings. The first-order chi connectivity index (χ1) is 11.9. The van der Waals surface area contributed by atoms with Crippen molar-refractivity contribution >= 4 is 11.9 Å². The van der Waals surface area contributed by atoms with Crippen LogP contribution in [0.2, 0.25) is 0 Å². The average molecular weight is 350 g/mol. The summed E-state index contributed by atoms with van der Waals surface area (Å²) >= 11 is 0. The Balaban J connectivity index is 2.07. The highest BCUT2D eigenvalue weighted by molar-refractivity contribution is 5.89. The summed E-state index contributed by atoms with van der Waals surface area (Å²) in [6.07, 6.45) is 0. The van der Waals surface area contributed by atoms with Crippen LogP contribution in [0.1, 0.15) is 41.8 Å². The van der Waals surface area contributed by atoms with Crippen LogP contribution in [0.3, 0.4) is 0 Å². The molecule has 0 fully saturated rings. The first kappa shape index (κ1) is 18.4. The number of nitrogens with two attached hydrogens (primary N) is 1. The van der Waals surface area contributed by atoms with Crippen molar-refractivity contribution in [2.24, 2.45) is 10.7 Å². The molecule has 0 radical (unpaired) electrons. The maximum Gasteiger partial charge on any atom is 0.284 e. The molecule has 0 aliphatic rings. The van der Waals surface area contributed by atoms with Crippen LogP contribution in [0.5, 0.6) is 0 Å². The number of carbonyl (C=O) groups excluding carboxylic acids is 1. The molecule has 134 valence electrons. The maximum absolute atomic E-state index is 13.4. The fourth-order valence-corrected chi connectivity index (χ4v) is 2.14. The van der Waals surface area contributed by atoms with Crippen LogP contribution in [-0.4, -0.2) is 18.4 Å². The third-order valence-corrected chi connectivity index (χ3v) is 3.44. The van der Waals surface area contributed by atoms with Gasteiger partial charge < -0.3 is 20.8 Å². The van der Waals surface area contributed by atoms with Crippen LogP contribution in [0.25, 0.3) is 0 Å². The van der Waals surface area contributed by atoms with Crippen molar-refractivity contribution in [1.29, 1.82) is 0 Å². The van der Waals surface area contributed by atoms with Crippen LogP contribution in [0, 0.1) is 11.6 Å². The molecule has 0 aliphatic heterocycles. The molecule has 0 saturated heterocycles. The second kappa shape index (κ2) is 8.27. The van der Waals surface area contributed by atoms with Crippen molar-refractivity contribution in [1.82, 2.24) is 10.6 Å². The van der Waals surface area contributed by atoms with Crippen molar-refractivity contribution in [2.45, 2.75) is 26.4 Å². The summed E-state index contributed by atoms with van der Waals surface area (Å²) in [4.78, 5) is 15.4. The second-order valence-corrected chi connectivity index (χ2v) is 5.36. The van der Waals surface area contributed by atoms with Gasteiger partial charge in [0.1, 0.15) is 12.3 Å². The van der Waals surface area contributed by atoms with Crippen LogP contribution in [0.4, 0.5) is 8.78 Å². The zero-order valence-corrected chi connectivity index (χ0v) is 14.0. The zero-order chi connectivity index (χ0) is 18.4. The number of rotatable bonds is 6. The van der Waals surface area contributed by atoms with Crippen LogP contribution >= 0.6 is 0 Å². The van der Waals surface area contributed by atoms with Gasteiger partial charge in [0, 0.05) is 6.54 Å². The summed E-state index contributed by atoms with van der Waals surface area (Å²) in [6, 6.07) is 6.53. The zero-order valence-electron chi connectivity index (χ0n) is 14.0. The molecule has 6 nitrogen and oxygen atoms in total. The molecule has 8 heteroatoms. The number of nitrogens with one attached hydrogen (secondary N) is 2. The molecule has 1 amide bonds. The lowest BCUT2D eigenvalue weighted by molar-refractivity contribution is 0.0972. The largest absolute Gasteiger partial charge is 0.454 e. The number of hydrogen-bond acceptors (Lipinski definition) is 3. The van der Waals surface area contributed by atoms with E-state index in [4.69, 9.17) is 10.2 Å². The van der Waals surface area contributed by atoms with Crippen molar-refractivity contribution in [3.05, 3.63) is 59.1 Å². The number of furan rings is 1. The van der Waals surface area contributed by atoms with E-state index in [-0.39, 0.29) is 18.3 Å². The Bertz CT molecular complexity index is 774. The topological polar surface area (TPSA) is 92.6 Å². The number of aliphatic imine (C=N–C) groups is 1. The van der Waals surface area contributed by atoms with Crippen molar-refractivity contribution in [2.75, 3.05) is 6.54 Å². The molecular formula is C17H20F2N4O2. The van der Waals surface area contributed by atoms with Crippen LogP contribution in [-0.2, 0) is 6.54 Å². The van der Waals surface area contributed by atoms with Gasteiger partial charge in [-0.25, -0.2) is 13.8 Å². The summed E-state index contributed by atoms with van der Waals surface area (Å²) in [7, 11) is 0. The fourth-order valence-electron chi connectivity index (χ4n) is 2.14. The number of primary amides is 1. The van der Waals surface area contributed by atoms with Gasteiger partial charge in [0.25, 0.3) is 5.91 Å². The van der Waals surface area contributed by atoms with E-state index < -0.39 is 17.5 Å². The average Bonchev–Trinajstić information content (AvgIpc) is 3.04. The predicted octanol–water partition coefficient (Wildman–Crippen LogP) is 2.47. The van der Waals surface area contributed by atoms with Crippen molar-refractivity contribution in [3.8, 4) is 0 Å². The molecular weight excluding hydrogens is 330 g/mol. The first-order valence-corrected chi connectivity index (χ1v) is 7.79. The van der Waals surface area contributed by atoms with Crippen LogP contribution in [0.15, 0.2) is 39.7 Å². The Morgan fingerprint density at radius 1 is 1.28 bits per heavy atom. The normalized spacial score (nSPS) is 12.7. The van der Waals surface area contributed by atoms with Gasteiger partial charge in [-0.1, -0.05) is 6.07 Å². The molecule has 0 bridgehead atoms. The van der Waals surface area contributed by atoms with Gasteiger partial charge in [0.2, 0.25) is 0 Å². The molecule has 2 rings (SSSR count). The van der Waals surface area contributed by atoms with Gasteiger partial charge in [-0.3, -0.25) is 4.79 Å². The Hall–Kier alpha value is -2.90. The smallest absolute Gasteiger partial charge is 0.284 e. The molecule has 0 aliphatic carbocycles. The molecule has 25 heavy (non-hydrogen) atoms. The molecule has 0 saturated carbocycles. The van der Waals surface area contributed by atoms with E-state index in [0.29, 0.717) is 23.8 Å². The number of nitrogens with zero attached hydrogens (tertiary/aromatic N) is 1. The van der Waals surface area contributed by atoms with Crippen molar-refractivity contribution < 1.29 is 18.0 Å². The summed E-state index contributed by atoms with van der Waals surface area (Å²) in [5.74, 6) is -1.42. The van der Waals surface area contributed by atoms with Crippen LogP contribution < -0.4 is 16.4 Å². The quantitative estimate of drug-likeness (QED) is 0.551.